The largest absolute Gasteiger partial charge is 0.389 e. The van der Waals surface area contributed by atoms with Crippen molar-refractivity contribution in [3.8, 4) is 0 Å². The Kier molecular flexibility index (Phi) is 4.11. The molecule has 94 valence electrons. The summed E-state index contributed by atoms with van der Waals surface area (Å²) >= 11 is 10.9. The van der Waals surface area contributed by atoms with E-state index in [0.29, 0.717) is 28.9 Å². The summed E-state index contributed by atoms with van der Waals surface area (Å²) in [7, 11) is 0. The number of aromatic nitrogens is 2. The molecular formula is C11H11ClN4OS. The summed E-state index contributed by atoms with van der Waals surface area (Å²) in [5, 5.41) is 7.34. The highest BCUT2D eigenvalue weighted by molar-refractivity contribution is 7.80. The summed E-state index contributed by atoms with van der Waals surface area (Å²) in [4.78, 5) is 4.23. The van der Waals surface area contributed by atoms with Gasteiger partial charge in [0.15, 0.2) is 6.33 Å². The topological polar surface area (TPSA) is 77.0 Å². The van der Waals surface area contributed by atoms with Crippen molar-refractivity contribution >= 4 is 34.5 Å². The van der Waals surface area contributed by atoms with Crippen molar-refractivity contribution in [3.63, 3.8) is 0 Å². The normalized spacial score (nSPS) is 10.3. The van der Waals surface area contributed by atoms with Gasteiger partial charge in [0.2, 0.25) is 5.89 Å². The van der Waals surface area contributed by atoms with Crippen LogP contribution in [0.25, 0.3) is 0 Å². The second-order valence-electron chi connectivity index (χ2n) is 3.57. The first-order chi connectivity index (χ1) is 8.66. The summed E-state index contributed by atoms with van der Waals surface area (Å²) in [5.74, 6) is 0.577. The zero-order chi connectivity index (χ0) is 13.0. The molecule has 0 bridgehead atoms. The van der Waals surface area contributed by atoms with Crippen LogP contribution in [0, 0.1) is 0 Å². The van der Waals surface area contributed by atoms with Crippen molar-refractivity contribution in [1.29, 1.82) is 0 Å². The number of anilines is 1. The van der Waals surface area contributed by atoms with Crippen LogP contribution in [0.4, 0.5) is 5.69 Å². The predicted molar refractivity (Wildman–Crippen MR) is 73.8 cm³/mol. The molecule has 0 fully saturated rings. The summed E-state index contributed by atoms with van der Waals surface area (Å²) in [6, 6.07) is 5.35. The van der Waals surface area contributed by atoms with Crippen LogP contribution in [-0.4, -0.2) is 21.7 Å². The molecule has 0 unspecified atom stereocenters. The molecule has 0 aliphatic heterocycles. The molecule has 2 aromatic rings. The van der Waals surface area contributed by atoms with E-state index in [0.717, 1.165) is 11.3 Å². The number of hydrogen-bond acceptors (Lipinski definition) is 5. The molecule has 0 amide bonds. The number of benzene rings is 1. The van der Waals surface area contributed by atoms with Gasteiger partial charge in [0.05, 0.1) is 0 Å². The van der Waals surface area contributed by atoms with Crippen molar-refractivity contribution in [3.05, 3.63) is 41.0 Å². The summed E-state index contributed by atoms with van der Waals surface area (Å²) in [5.41, 5.74) is 7.21. The van der Waals surface area contributed by atoms with Crippen molar-refractivity contribution in [1.82, 2.24) is 10.1 Å². The molecule has 0 radical (unpaired) electrons. The van der Waals surface area contributed by atoms with Crippen LogP contribution in [0.15, 0.2) is 29.0 Å². The number of nitrogens with zero attached hydrogens (tertiary/aromatic N) is 2. The molecule has 0 saturated heterocycles. The molecule has 0 aliphatic rings. The highest BCUT2D eigenvalue weighted by Crippen LogP contribution is 2.20. The van der Waals surface area contributed by atoms with E-state index in [1.807, 2.05) is 6.07 Å². The van der Waals surface area contributed by atoms with E-state index in [1.165, 1.54) is 6.33 Å². The number of thiocarbonyl (C=S) groups is 1. The van der Waals surface area contributed by atoms with Crippen LogP contribution in [0.5, 0.6) is 0 Å². The minimum absolute atomic E-state index is 0.304. The van der Waals surface area contributed by atoms with Crippen LogP contribution in [-0.2, 0) is 6.42 Å². The lowest BCUT2D eigenvalue weighted by Gasteiger charge is -2.10. The molecule has 3 N–H and O–H groups in total. The molecule has 1 heterocycles. The standard InChI is InChI=1S/C11H11ClN4OS/c12-7-1-2-9(8(5-7)11(13)18)14-4-3-10-15-6-16-17-10/h1-2,5-6,14H,3-4H2,(H2,13,18). The van der Waals surface area contributed by atoms with Gasteiger partial charge >= 0.3 is 0 Å². The van der Waals surface area contributed by atoms with E-state index in [4.69, 9.17) is 34.1 Å². The lowest BCUT2D eigenvalue weighted by molar-refractivity contribution is 0.380. The molecule has 0 saturated carbocycles. The SMILES string of the molecule is NC(=S)c1cc(Cl)ccc1NCCc1ncno1. The van der Waals surface area contributed by atoms with E-state index in [1.54, 1.807) is 12.1 Å². The monoisotopic (exact) mass is 282 g/mol. The first kappa shape index (κ1) is 12.8. The van der Waals surface area contributed by atoms with Crippen LogP contribution in [0.1, 0.15) is 11.5 Å². The van der Waals surface area contributed by atoms with Crippen molar-refractivity contribution in [2.75, 3.05) is 11.9 Å². The number of nitrogens with two attached hydrogens (primary N) is 1. The highest BCUT2D eigenvalue weighted by atomic mass is 35.5. The fourth-order valence-corrected chi connectivity index (χ4v) is 1.83. The molecular weight excluding hydrogens is 272 g/mol. The highest BCUT2D eigenvalue weighted by Gasteiger charge is 2.06. The minimum atomic E-state index is 0.304. The first-order valence-corrected chi connectivity index (χ1v) is 6.04. The van der Waals surface area contributed by atoms with Crippen LogP contribution in [0.3, 0.4) is 0 Å². The van der Waals surface area contributed by atoms with Gasteiger partial charge in [-0.25, -0.2) is 0 Å². The van der Waals surface area contributed by atoms with E-state index in [-0.39, 0.29) is 0 Å². The second-order valence-corrected chi connectivity index (χ2v) is 4.44. The predicted octanol–water partition coefficient (Wildman–Crippen LogP) is 2.01. The zero-order valence-corrected chi connectivity index (χ0v) is 11.0. The van der Waals surface area contributed by atoms with Gasteiger partial charge in [-0.2, -0.15) is 4.98 Å². The smallest absolute Gasteiger partial charge is 0.228 e. The number of hydrogen-bond donors (Lipinski definition) is 2. The Morgan fingerprint density at radius 2 is 2.33 bits per heavy atom. The number of nitrogens with one attached hydrogen (secondary N) is 1. The van der Waals surface area contributed by atoms with Gasteiger partial charge in [-0.3, -0.25) is 0 Å². The lowest BCUT2D eigenvalue weighted by atomic mass is 10.1. The van der Waals surface area contributed by atoms with Crippen molar-refractivity contribution in [2.45, 2.75) is 6.42 Å². The Morgan fingerprint density at radius 3 is 3.00 bits per heavy atom. The fourth-order valence-electron chi connectivity index (χ4n) is 1.48. The number of rotatable bonds is 5. The first-order valence-electron chi connectivity index (χ1n) is 5.25. The van der Waals surface area contributed by atoms with Gasteiger partial charge in [0.1, 0.15) is 4.99 Å². The van der Waals surface area contributed by atoms with Crippen molar-refractivity contribution < 1.29 is 4.52 Å². The average Bonchev–Trinajstić information content (AvgIpc) is 2.84. The summed E-state index contributed by atoms with van der Waals surface area (Å²) in [6.45, 7) is 0.638. The molecule has 18 heavy (non-hydrogen) atoms. The molecule has 7 heteroatoms. The quantitative estimate of drug-likeness (QED) is 0.817. The average molecular weight is 283 g/mol. The third-order valence-corrected chi connectivity index (χ3v) is 2.76. The van der Waals surface area contributed by atoms with Crippen molar-refractivity contribution in [2.24, 2.45) is 5.73 Å². The van der Waals surface area contributed by atoms with E-state index >= 15 is 0 Å². The Balaban J connectivity index is 2.02. The maximum Gasteiger partial charge on any atom is 0.228 e. The van der Waals surface area contributed by atoms with Gasteiger partial charge in [-0.1, -0.05) is 29.0 Å². The molecule has 1 aromatic heterocycles. The maximum atomic E-state index is 5.90. The number of halogens is 1. The van der Waals surface area contributed by atoms with Gasteiger partial charge in [0, 0.05) is 29.2 Å². The molecule has 2 rings (SSSR count). The summed E-state index contributed by atoms with van der Waals surface area (Å²) < 4.78 is 4.90. The van der Waals surface area contributed by atoms with Gasteiger partial charge < -0.3 is 15.6 Å². The van der Waals surface area contributed by atoms with E-state index in [2.05, 4.69) is 15.5 Å². The van der Waals surface area contributed by atoms with Gasteiger partial charge in [-0.05, 0) is 18.2 Å². The van der Waals surface area contributed by atoms with Crippen LogP contribution in [0.2, 0.25) is 5.02 Å². The molecule has 5 nitrogen and oxygen atoms in total. The van der Waals surface area contributed by atoms with Crippen LogP contribution < -0.4 is 11.1 Å². The zero-order valence-electron chi connectivity index (χ0n) is 9.39. The molecule has 0 spiro atoms. The summed E-state index contributed by atoms with van der Waals surface area (Å²) in [6.07, 6.45) is 2.00. The Morgan fingerprint density at radius 1 is 1.50 bits per heavy atom. The third kappa shape index (κ3) is 3.18. The Labute approximate surface area is 114 Å². The van der Waals surface area contributed by atoms with Gasteiger partial charge in [0.25, 0.3) is 0 Å². The fraction of sp³-hybridized carbons (Fsp3) is 0.182. The van der Waals surface area contributed by atoms with E-state index < -0.39 is 0 Å². The molecule has 0 atom stereocenters. The maximum absolute atomic E-state index is 5.90. The van der Waals surface area contributed by atoms with Gasteiger partial charge in [-0.15, -0.1) is 0 Å². The second kappa shape index (κ2) is 5.79. The molecule has 1 aromatic carbocycles. The minimum Gasteiger partial charge on any atom is -0.389 e. The third-order valence-electron chi connectivity index (χ3n) is 2.31. The van der Waals surface area contributed by atoms with E-state index in [9.17, 15) is 0 Å². The lowest BCUT2D eigenvalue weighted by Crippen LogP contribution is -2.14. The van der Waals surface area contributed by atoms with Crippen LogP contribution >= 0.6 is 23.8 Å². The molecule has 0 aliphatic carbocycles. The Bertz CT molecular complexity index is 544. The Hall–Kier alpha value is -1.66.